The second-order valence-corrected chi connectivity index (χ2v) is 8.58. The van der Waals surface area contributed by atoms with Crippen LogP contribution < -0.4 is 4.74 Å². The molecule has 0 aromatic heterocycles. The summed E-state index contributed by atoms with van der Waals surface area (Å²) in [5, 5.41) is 14.9. The SMILES string of the molecule is O=P(O)(O)C(CCCCO)(Oc1ccc(O)cc1)P(=O)(O)O. The average Bonchev–Trinajstić information content (AvgIpc) is 2.37. The van der Waals surface area contributed by atoms with Crippen LogP contribution in [0.2, 0.25) is 0 Å². The summed E-state index contributed by atoms with van der Waals surface area (Å²) in [5.74, 6) is -0.362. The zero-order valence-electron chi connectivity index (χ0n) is 11.4. The molecule has 0 aliphatic heterocycles. The molecule has 0 atom stereocenters. The number of phenols is 1. The molecule has 0 bridgehead atoms. The van der Waals surface area contributed by atoms with Crippen molar-refractivity contribution >= 4 is 15.2 Å². The number of rotatable bonds is 8. The molecule has 0 heterocycles. The lowest BCUT2D eigenvalue weighted by Gasteiger charge is -2.34. The molecule has 0 fully saturated rings. The molecular formula is C11H18O9P2. The Kier molecular flexibility index (Phi) is 6.18. The molecule has 9 nitrogen and oxygen atoms in total. The topological polar surface area (TPSA) is 165 Å². The van der Waals surface area contributed by atoms with Gasteiger partial charge in [-0.15, -0.1) is 0 Å². The van der Waals surface area contributed by atoms with Crippen molar-refractivity contribution in [2.75, 3.05) is 6.61 Å². The van der Waals surface area contributed by atoms with Gasteiger partial charge in [0.15, 0.2) is 0 Å². The minimum Gasteiger partial charge on any atom is -0.508 e. The number of aliphatic hydroxyl groups excluding tert-OH is 1. The van der Waals surface area contributed by atoms with Crippen LogP contribution in [0.15, 0.2) is 24.3 Å². The fourth-order valence-electron chi connectivity index (χ4n) is 1.80. The van der Waals surface area contributed by atoms with Crippen LogP contribution >= 0.6 is 15.2 Å². The number of hydrogen-bond donors (Lipinski definition) is 6. The molecular weight excluding hydrogens is 338 g/mol. The van der Waals surface area contributed by atoms with Crippen LogP contribution in [-0.4, -0.2) is 41.5 Å². The summed E-state index contributed by atoms with van der Waals surface area (Å²) in [6.45, 7) is -0.294. The minimum absolute atomic E-state index is 0.0647. The number of aromatic hydroxyl groups is 1. The first kappa shape index (κ1) is 19.1. The van der Waals surface area contributed by atoms with Crippen LogP contribution in [0.25, 0.3) is 0 Å². The van der Waals surface area contributed by atoms with Crippen LogP contribution in [0.3, 0.4) is 0 Å². The molecule has 0 radical (unpaired) electrons. The zero-order chi connectivity index (χ0) is 17.0. The predicted molar refractivity (Wildman–Crippen MR) is 76.5 cm³/mol. The van der Waals surface area contributed by atoms with Gasteiger partial charge in [0.2, 0.25) is 0 Å². The van der Waals surface area contributed by atoms with Gasteiger partial charge in [-0.05, 0) is 37.1 Å². The lowest BCUT2D eigenvalue weighted by atomic mass is 10.2. The molecule has 0 spiro atoms. The summed E-state index contributed by atoms with van der Waals surface area (Å²) < 4.78 is 28.5. The summed E-state index contributed by atoms with van der Waals surface area (Å²) in [4.78, 5) is 37.8. The molecule has 126 valence electrons. The Morgan fingerprint density at radius 2 is 1.45 bits per heavy atom. The van der Waals surface area contributed by atoms with E-state index in [0.29, 0.717) is 0 Å². The van der Waals surface area contributed by atoms with Crippen LogP contribution in [-0.2, 0) is 9.13 Å². The van der Waals surface area contributed by atoms with E-state index in [1.54, 1.807) is 0 Å². The van der Waals surface area contributed by atoms with Crippen LogP contribution in [0.4, 0.5) is 0 Å². The molecule has 0 unspecified atom stereocenters. The van der Waals surface area contributed by atoms with Crippen LogP contribution in [0, 0.1) is 0 Å². The van der Waals surface area contributed by atoms with Crippen LogP contribution in [0.1, 0.15) is 19.3 Å². The quantitative estimate of drug-likeness (QED) is 0.294. The van der Waals surface area contributed by atoms with Crippen molar-refractivity contribution in [2.45, 2.75) is 24.3 Å². The van der Waals surface area contributed by atoms with Gasteiger partial charge < -0.3 is 34.5 Å². The van der Waals surface area contributed by atoms with E-state index in [4.69, 9.17) is 14.9 Å². The highest BCUT2D eigenvalue weighted by Gasteiger charge is 2.62. The zero-order valence-corrected chi connectivity index (χ0v) is 13.2. The molecule has 0 aliphatic rings. The second kappa shape index (κ2) is 7.10. The van der Waals surface area contributed by atoms with Gasteiger partial charge in [-0.2, -0.15) is 0 Å². The fourth-order valence-corrected chi connectivity index (χ4v) is 4.51. The molecule has 22 heavy (non-hydrogen) atoms. The lowest BCUT2D eigenvalue weighted by molar-refractivity contribution is 0.139. The molecule has 1 aromatic carbocycles. The van der Waals surface area contributed by atoms with Crippen molar-refractivity contribution in [2.24, 2.45) is 0 Å². The lowest BCUT2D eigenvalue weighted by Crippen LogP contribution is -2.36. The summed E-state index contributed by atoms with van der Waals surface area (Å²) in [6, 6.07) is 4.54. The molecule has 11 heteroatoms. The number of hydrogen-bond acceptors (Lipinski definition) is 5. The minimum atomic E-state index is -5.38. The van der Waals surface area contributed by atoms with E-state index in [1.807, 2.05) is 0 Å². The maximum atomic E-state index is 11.7. The number of aliphatic hydroxyl groups is 1. The number of ether oxygens (including phenoxy) is 1. The van der Waals surface area contributed by atoms with E-state index in [-0.39, 0.29) is 30.9 Å². The van der Waals surface area contributed by atoms with Gasteiger partial charge in [0, 0.05) is 13.0 Å². The Bertz CT molecular complexity index is 552. The highest BCUT2D eigenvalue weighted by molar-refractivity contribution is 7.72. The first-order valence-corrected chi connectivity index (χ1v) is 9.46. The molecule has 6 N–H and O–H groups in total. The first-order valence-electron chi connectivity index (χ1n) is 6.24. The van der Waals surface area contributed by atoms with Gasteiger partial charge in [0.1, 0.15) is 11.5 Å². The maximum Gasteiger partial charge on any atom is 0.381 e. The standard InChI is InChI=1S/C11H18O9P2/c12-8-2-1-7-11(21(14,15)16,22(17,18)19)20-10-5-3-9(13)4-6-10/h3-6,12-13H,1-2,7-8H2,(H2,14,15,16)(H2,17,18,19). The highest BCUT2D eigenvalue weighted by atomic mass is 31.2. The Labute approximate surface area is 126 Å². The molecule has 1 rings (SSSR count). The van der Waals surface area contributed by atoms with E-state index in [2.05, 4.69) is 0 Å². The Balaban J connectivity index is 3.26. The van der Waals surface area contributed by atoms with E-state index < -0.39 is 26.7 Å². The third kappa shape index (κ3) is 4.30. The summed E-state index contributed by atoms with van der Waals surface area (Å²) >= 11 is 0. The number of unbranched alkanes of at least 4 members (excludes halogenated alkanes) is 1. The van der Waals surface area contributed by atoms with E-state index in [9.17, 15) is 28.7 Å². The Morgan fingerprint density at radius 3 is 1.86 bits per heavy atom. The first-order chi connectivity index (χ1) is 10.0. The molecule has 0 saturated carbocycles. The Morgan fingerprint density at radius 1 is 0.955 bits per heavy atom. The van der Waals surface area contributed by atoms with Crippen molar-refractivity contribution in [3.63, 3.8) is 0 Å². The second-order valence-electron chi connectivity index (χ2n) is 4.61. The third-order valence-electron chi connectivity index (χ3n) is 2.94. The predicted octanol–water partition coefficient (Wildman–Crippen LogP) is 0.943. The summed E-state index contributed by atoms with van der Waals surface area (Å²) in [7, 11) is -10.8. The average molecular weight is 356 g/mol. The highest BCUT2D eigenvalue weighted by Crippen LogP contribution is 2.71. The molecule has 1 aromatic rings. The van der Waals surface area contributed by atoms with E-state index in [0.717, 1.165) is 24.3 Å². The monoisotopic (exact) mass is 356 g/mol. The van der Waals surface area contributed by atoms with E-state index >= 15 is 0 Å². The molecule has 0 aliphatic carbocycles. The largest absolute Gasteiger partial charge is 0.508 e. The normalized spacial score (nSPS) is 13.1. The fraction of sp³-hybridized carbons (Fsp3) is 0.455. The van der Waals surface area contributed by atoms with Gasteiger partial charge in [-0.3, -0.25) is 9.13 Å². The van der Waals surface area contributed by atoms with Crippen molar-refractivity contribution in [1.29, 1.82) is 0 Å². The van der Waals surface area contributed by atoms with Gasteiger partial charge in [0.25, 0.3) is 0 Å². The van der Waals surface area contributed by atoms with Crippen molar-refractivity contribution < 1.29 is 43.7 Å². The van der Waals surface area contributed by atoms with Gasteiger partial charge in [-0.1, -0.05) is 0 Å². The number of phenolic OH excluding ortho intramolecular Hbond substituents is 1. The van der Waals surface area contributed by atoms with E-state index in [1.165, 1.54) is 0 Å². The summed E-state index contributed by atoms with van der Waals surface area (Å²) in [5.41, 5.74) is 0. The van der Waals surface area contributed by atoms with Crippen molar-refractivity contribution in [3.05, 3.63) is 24.3 Å². The smallest absolute Gasteiger partial charge is 0.381 e. The van der Waals surface area contributed by atoms with Crippen molar-refractivity contribution in [3.8, 4) is 11.5 Å². The molecule has 0 saturated heterocycles. The van der Waals surface area contributed by atoms with Crippen molar-refractivity contribution in [1.82, 2.24) is 0 Å². The van der Waals surface area contributed by atoms with Gasteiger partial charge >= 0.3 is 20.3 Å². The molecule has 0 amide bonds. The number of benzene rings is 1. The van der Waals surface area contributed by atoms with Gasteiger partial charge in [0.05, 0.1) is 0 Å². The Hall–Kier alpha value is -0.920. The van der Waals surface area contributed by atoms with Gasteiger partial charge in [-0.25, -0.2) is 0 Å². The van der Waals surface area contributed by atoms with Crippen LogP contribution in [0.5, 0.6) is 11.5 Å². The maximum absolute atomic E-state index is 11.7. The third-order valence-corrected chi connectivity index (χ3v) is 6.95. The summed E-state index contributed by atoms with van der Waals surface area (Å²) in [6.07, 6.45) is -0.617.